The van der Waals surface area contributed by atoms with Gasteiger partial charge in [-0.3, -0.25) is 0 Å². The summed E-state index contributed by atoms with van der Waals surface area (Å²) in [5.41, 5.74) is 20.6. The maximum Gasteiger partial charge on any atom is 0.221 e. The molecule has 0 unspecified atom stereocenters. The van der Waals surface area contributed by atoms with Crippen LogP contribution in [0.25, 0.3) is 39.0 Å². The number of allylic oxidation sites excluding steroid dienone is 2. The third kappa shape index (κ3) is 7.78. The monoisotopic (exact) mass is 711 g/mol. The molecule has 256 valence electrons. The van der Waals surface area contributed by atoms with Crippen molar-refractivity contribution in [3.05, 3.63) is 123 Å². The number of aromatic nitrogens is 1. The number of nitrogens with zero attached hydrogens (tertiary/aromatic N) is 3. The Morgan fingerprint density at radius 2 is 1.24 bits per heavy atom. The largest absolute Gasteiger partial charge is 0.508 e. The van der Waals surface area contributed by atoms with Crippen LogP contribution in [0, 0.1) is 6.92 Å². The van der Waals surface area contributed by atoms with Crippen molar-refractivity contribution >= 4 is 40.4 Å². The number of hydrogen-bond donors (Lipinski definition) is 6. The van der Waals surface area contributed by atoms with E-state index in [1.54, 1.807) is 60.8 Å². The Bertz CT molecular complexity index is 2110. The first-order valence-corrected chi connectivity index (χ1v) is 16.2. The highest BCUT2D eigenvalue weighted by Gasteiger charge is 2.22. The third-order valence-corrected chi connectivity index (χ3v) is 8.58. The molecule has 0 radical (unpaired) electrons. The lowest BCUT2D eigenvalue weighted by molar-refractivity contribution is 0.318. The van der Waals surface area contributed by atoms with Crippen LogP contribution in [0.4, 0.5) is 0 Å². The standard InChI is InChI=1S/C20H18ClN3O3.C18H17ClN2O2/c1-11-7-17(20(27-2)23-10-11)18-15(12-3-5-14(25)6-4-12)8-13(21)9-16(18)19(22)24-26;19-13-9-15(11-5-7-14(22)8-6-11)17(12-3-1-2-4-12)16(10-13)18(20)21-23/h3-10,25-26H,1-2H3,(H2,22,24);3,5-10,22-23H,1-2,4H2,(H2,20,21). The van der Waals surface area contributed by atoms with Crippen molar-refractivity contribution in [1.29, 1.82) is 0 Å². The molecule has 1 aromatic heterocycles. The number of oxime groups is 2. The molecule has 0 fully saturated rings. The smallest absolute Gasteiger partial charge is 0.221 e. The molecule has 4 aromatic carbocycles. The molecule has 0 spiro atoms. The second-order valence-corrected chi connectivity index (χ2v) is 12.4. The van der Waals surface area contributed by atoms with Crippen molar-refractivity contribution in [2.75, 3.05) is 7.11 Å². The molecule has 1 aliphatic rings. The number of amidine groups is 2. The zero-order valence-electron chi connectivity index (χ0n) is 27.2. The fourth-order valence-corrected chi connectivity index (χ4v) is 6.33. The van der Waals surface area contributed by atoms with Gasteiger partial charge >= 0.3 is 0 Å². The van der Waals surface area contributed by atoms with Crippen LogP contribution in [-0.4, -0.2) is 44.4 Å². The maximum atomic E-state index is 9.62. The van der Waals surface area contributed by atoms with Gasteiger partial charge in [0.05, 0.1) is 7.11 Å². The van der Waals surface area contributed by atoms with E-state index < -0.39 is 0 Å². The quantitative estimate of drug-likeness (QED) is 0.0420. The van der Waals surface area contributed by atoms with Gasteiger partial charge in [0.25, 0.3) is 0 Å². The van der Waals surface area contributed by atoms with Crippen molar-refractivity contribution in [3.63, 3.8) is 0 Å². The Labute approximate surface area is 299 Å². The van der Waals surface area contributed by atoms with Crippen LogP contribution >= 0.6 is 23.2 Å². The number of aryl methyl sites for hydroxylation is 1. The molecule has 1 aliphatic carbocycles. The van der Waals surface area contributed by atoms with Gasteiger partial charge in [0.15, 0.2) is 11.7 Å². The molecule has 5 aromatic rings. The molecule has 0 aliphatic heterocycles. The Balaban J connectivity index is 0.000000197. The van der Waals surface area contributed by atoms with Crippen molar-refractivity contribution in [1.82, 2.24) is 4.98 Å². The maximum absolute atomic E-state index is 9.62. The molecule has 8 N–H and O–H groups in total. The molecule has 1 heterocycles. The van der Waals surface area contributed by atoms with Crippen LogP contribution in [0.1, 0.15) is 41.5 Å². The molecule has 50 heavy (non-hydrogen) atoms. The second kappa shape index (κ2) is 15.7. The molecular weight excluding hydrogens is 677 g/mol. The first-order chi connectivity index (χ1) is 24.0. The number of benzene rings is 4. The minimum Gasteiger partial charge on any atom is -0.508 e. The van der Waals surface area contributed by atoms with Gasteiger partial charge in [-0.25, -0.2) is 4.98 Å². The summed E-state index contributed by atoms with van der Waals surface area (Å²) in [4.78, 5) is 4.33. The van der Waals surface area contributed by atoms with Crippen molar-refractivity contribution < 1.29 is 25.4 Å². The van der Waals surface area contributed by atoms with Crippen molar-refractivity contribution in [2.45, 2.75) is 26.2 Å². The van der Waals surface area contributed by atoms with Gasteiger partial charge < -0.3 is 36.8 Å². The van der Waals surface area contributed by atoms with E-state index in [-0.39, 0.29) is 23.2 Å². The van der Waals surface area contributed by atoms with E-state index in [1.807, 2.05) is 31.2 Å². The van der Waals surface area contributed by atoms with Crippen LogP contribution < -0.4 is 16.2 Å². The number of methoxy groups -OCH3 is 1. The van der Waals surface area contributed by atoms with Crippen LogP contribution in [0.2, 0.25) is 10.0 Å². The third-order valence-electron chi connectivity index (χ3n) is 8.14. The number of halogens is 2. The molecule has 0 amide bonds. The highest BCUT2D eigenvalue weighted by molar-refractivity contribution is 6.32. The van der Waals surface area contributed by atoms with Gasteiger partial charge in [0.1, 0.15) is 11.5 Å². The molecule has 6 rings (SSSR count). The van der Waals surface area contributed by atoms with Crippen LogP contribution in [0.15, 0.2) is 101 Å². The highest BCUT2D eigenvalue weighted by Crippen LogP contribution is 2.42. The minimum absolute atomic E-state index is 0.0373. The highest BCUT2D eigenvalue weighted by atomic mass is 35.5. The number of aromatic hydroxyl groups is 2. The summed E-state index contributed by atoms with van der Waals surface area (Å²) >= 11 is 12.6. The first kappa shape index (κ1) is 35.6. The van der Waals surface area contributed by atoms with Gasteiger partial charge in [0.2, 0.25) is 5.88 Å². The zero-order valence-corrected chi connectivity index (χ0v) is 28.7. The molecule has 0 bridgehead atoms. The topological polar surface area (TPSA) is 180 Å². The summed E-state index contributed by atoms with van der Waals surface area (Å²) in [6, 6.07) is 22.5. The predicted octanol–water partition coefficient (Wildman–Crippen LogP) is 8.56. The molecule has 0 saturated heterocycles. The van der Waals surface area contributed by atoms with E-state index in [9.17, 15) is 15.4 Å². The number of pyridine rings is 1. The lowest BCUT2D eigenvalue weighted by Gasteiger charge is -2.18. The average Bonchev–Trinajstić information content (AvgIpc) is 3.66. The Morgan fingerprint density at radius 1 is 0.740 bits per heavy atom. The summed E-state index contributed by atoms with van der Waals surface area (Å²) in [5.74, 6) is 0.698. The number of nitrogens with two attached hydrogens (primary N) is 2. The number of ether oxygens (including phenoxy) is 1. The lowest BCUT2D eigenvalue weighted by Crippen LogP contribution is -2.16. The number of phenols is 2. The summed E-state index contributed by atoms with van der Waals surface area (Å²) < 4.78 is 5.44. The second-order valence-electron chi connectivity index (χ2n) is 11.5. The van der Waals surface area contributed by atoms with Gasteiger partial charge in [-0.15, -0.1) is 0 Å². The van der Waals surface area contributed by atoms with E-state index in [4.69, 9.17) is 44.6 Å². The Morgan fingerprint density at radius 3 is 1.70 bits per heavy atom. The van der Waals surface area contributed by atoms with E-state index in [2.05, 4.69) is 21.4 Å². The SMILES string of the molecule is COc1ncc(C)cc1-c1c(C(N)=NO)cc(Cl)cc1-c1ccc(O)cc1.NC(=NO)c1cc(Cl)cc(-c2ccc(O)cc2)c1C1=CCCC1. The number of phenolic OH excluding ortho intramolecular Hbond substituents is 2. The van der Waals surface area contributed by atoms with Crippen LogP contribution in [0.3, 0.4) is 0 Å². The number of hydrogen-bond acceptors (Lipinski definition) is 8. The molecule has 0 saturated carbocycles. The fourth-order valence-electron chi connectivity index (χ4n) is 5.90. The van der Waals surface area contributed by atoms with E-state index in [0.717, 1.165) is 52.6 Å². The van der Waals surface area contributed by atoms with E-state index in [1.165, 1.54) is 12.7 Å². The van der Waals surface area contributed by atoms with Crippen molar-refractivity contribution in [2.24, 2.45) is 21.8 Å². The minimum atomic E-state index is -0.0870. The molecule has 12 heteroatoms. The normalized spacial score (nSPS) is 13.0. The Hall–Kier alpha value is -5.71. The summed E-state index contributed by atoms with van der Waals surface area (Å²) in [6.45, 7) is 1.91. The fraction of sp³-hybridized carbons (Fsp3) is 0.132. The van der Waals surface area contributed by atoms with Crippen LogP contribution in [0.5, 0.6) is 17.4 Å². The average molecular weight is 713 g/mol. The molecule has 10 nitrogen and oxygen atoms in total. The summed E-state index contributed by atoms with van der Waals surface area (Å²) in [7, 11) is 1.53. The van der Waals surface area contributed by atoms with Gasteiger partial charge in [-0.2, -0.15) is 0 Å². The predicted molar refractivity (Wildman–Crippen MR) is 198 cm³/mol. The summed E-state index contributed by atoms with van der Waals surface area (Å²) in [6.07, 6.45) is 6.92. The molecular formula is C38H35Cl2N5O5. The van der Waals surface area contributed by atoms with Crippen LogP contribution in [-0.2, 0) is 0 Å². The summed E-state index contributed by atoms with van der Waals surface area (Å²) in [5, 5.41) is 44.7. The number of rotatable bonds is 7. The van der Waals surface area contributed by atoms with E-state index in [0.29, 0.717) is 38.2 Å². The molecule has 0 atom stereocenters. The lowest BCUT2D eigenvalue weighted by atomic mass is 9.89. The zero-order chi connectivity index (χ0) is 35.9. The van der Waals surface area contributed by atoms with Gasteiger partial charge in [0, 0.05) is 38.5 Å². The van der Waals surface area contributed by atoms with E-state index >= 15 is 0 Å². The first-order valence-electron chi connectivity index (χ1n) is 15.5. The van der Waals surface area contributed by atoms with Gasteiger partial charge in [-0.1, -0.05) is 63.9 Å². The van der Waals surface area contributed by atoms with Gasteiger partial charge in [-0.05, 0) is 120 Å². The Kier molecular flexibility index (Phi) is 11.2. The van der Waals surface area contributed by atoms with Crippen molar-refractivity contribution in [3.8, 4) is 50.8 Å².